The van der Waals surface area contributed by atoms with Crippen molar-refractivity contribution in [1.29, 1.82) is 0 Å². The van der Waals surface area contributed by atoms with Crippen LogP contribution in [0.4, 0.5) is 8.78 Å². The molecule has 0 saturated heterocycles. The maximum atomic E-state index is 11.7. The minimum absolute atomic E-state index is 0.346. The summed E-state index contributed by atoms with van der Waals surface area (Å²) in [4.78, 5) is 0. The van der Waals surface area contributed by atoms with Crippen molar-refractivity contribution in [2.24, 2.45) is 0 Å². The zero-order valence-corrected chi connectivity index (χ0v) is 5.60. The van der Waals surface area contributed by atoms with Crippen LogP contribution in [0.5, 0.6) is 0 Å². The van der Waals surface area contributed by atoms with Gasteiger partial charge < -0.3 is 0 Å². The average Bonchev–Trinajstić information content (AvgIpc) is 1.62. The molecule has 8 heavy (non-hydrogen) atoms. The summed E-state index contributed by atoms with van der Waals surface area (Å²) in [7, 11) is 0. The molecular formula is C4H4Cl2F2. The fourth-order valence-corrected chi connectivity index (χ4v) is 0.309. The Morgan fingerprint density at radius 1 is 1.62 bits per heavy atom. The van der Waals surface area contributed by atoms with E-state index in [4.69, 9.17) is 11.6 Å². The van der Waals surface area contributed by atoms with Gasteiger partial charge in [0.2, 0.25) is 0 Å². The van der Waals surface area contributed by atoms with Gasteiger partial charge in [-0.05, 0) is 18.5 Å². The molecule has 0 rings (SSSR count). The van der Waals surface area contributed by atoms with Crippen LogP contribution in [0, 0.1) is 0 Å². The van der Waals surface area contributed by atoms with Crippen molar-refractivity contribution >= 4 is 23.2 Å². The van der Waals surface area contributed by atoms with Gasteiger partial charge in [0.25, 0.3) is 0 Å². The quantitative estimate of drug-likeness (QED) is 0.518. The Morgan fingerprint density at radius 2 is 2.00 bits per heavy atom. The molecule has 0 radical (unpaired) electrons. The second-order valence-electron chi connectivity index (χ2n) is 1.29. The molecule has 0 aromatic heterocycles. The highest BCUT2D eigenvalue weighted by atomic mass is 35.5. The van der Waals surface area contributed by atoms with Crippen LogP contribution in [0.2, 0.25) is 0 Å². The first-order chi connectivity index (χ1) is 3.48. The van der Waals surface area contributed by atoms with Crippen LogP contribution < -0.4 is 0 Å². The number of halogens is 4. The van der Waals surface area contributed by atoms with Gasteiger partial charge >= 0.3 is 5.38 Å². The highest BCUT2D eigenvalue weighted by Crippen LogP contribution is 2.27. The fraction of sp³-hybridized carbons (Fsp3) is 0.500. The van der Waals surface area contributed by atoms with Crippen LogP contribution in [0.3, 0.4) is 0 Å². The average molecular weight is 161 g/mol. The summed E-state index contributed by atoms with van der Waals surface area (Å²) >= 11 is 9.41. The summed E-state index contributed by atoms with van der Waals surface area (Å²) in [5.41, 5.74) is 0.410. The summed E-state index contributed by atoms with van der Waals surface area (Å²) in [6.07, 6.45) is 0. The van der Waals surface area contributed by atoms with E-state index in [-0.39, 0.29) is 5.57 Å². The van der Waals surface area contributed by atoms with Crippen LogP contribution in [0.15, 0.2) is 11.1 Å². The summed E-state index contributed by atoms with van der Waals surface area (Å²) < 4.78 is 23.5. The predicted octanol–water partition coefficient (Wildman–Crippen LogP) is 2.96. The van der Waals surface area contributed by atoms with Gasteiger partial charge in [0, 0.05) is 11.1 Å². The van der Waals surface area contributed by atoms with Crippen LogP contribution in [-0.2, 0) is 0 Å². The molecule has 0 bridgehead atoms. The molecule has 0 aliphatic carbocycles. The topological polar surface area (TPSA) is 0 Å². The van der Waals surface area contributed by atoms with Gasteiger partial charge in [-0.2, -0.15) is 8.78 Å². The van der Waals surface area contributed by atoms with E-state index in [1.54, 1.807) is 0 Å². The second-order valence-corrected chi connectivity index (χ2v) is 1.98. The van der Waals surface area contributed by atoms with E-state index in [2.05, 4.69) is 11.6 Å². The van der Waals surface area contributed by atoms with Crippen molar-refractivity contribution in [2.45, 2.75) is 12.3 Å². The highest BCUT2D eigenvalue weighted by molar-refractivity contribution is 6.28. The third kappa shape index (κ3) is 2.48. The standard InChI is InChI=1S/C4H4Cl2F2/c1-3(2-5)4(6,7)8/h2H,1H3. The summed E-state index contributed by atoms with van der Waals surface area (Å²) in [6, 6.07) is 0. The van der Waals surface area contributed by atoms with Crippen LogP contribution in [0.1, 0.15) is 6.92 Å². The lowest BCUT2D eigenvalue weighted by Gasteiger charge is -2.04. The lowest BCUT2D eigenvalue weighted by atomic mass is 10.4. The minimum Gasteiger partial charge on any atom is -0.184 e. The first kappa shape index (κ1) is 8.18. The minimum atomic E-state index is -3.29. The highest BCUT2D eigenvalue weighted by Gasteiger charge is 2.26. The number of rotatable bonds is 1. The summed E-state index contributed by atoms with van der Waals surface area (Å²) in [5, 5.41) is -3.29. The molecule has 0 aromatic carbocycles. The molecule has 0 spiro atoms. The summed E-state index contributed by atoms with van der Waals surface area (Å²) in [5.74, 6) is 0. The van der Waals surface area contributed by atoms with Crippen LogP contribution in [-0.4, -0.2) is 5.38 Å². The van der Waals surface area contributed by atoms with Gasteiger partial charge in [-0.25, -0.2) is 0 Å². The Labute approximate surface area is 56.1 Å². The van der Waals surface area contributed by atoms with Gasteiger partial charge in [0.05, 0.1) is 0 Å². The monoisotopic (exact) mass is 160 g/mol. The molecule has 0 fully saturated rings. The second kappa shape index (κ2) is 2.65. The first-order valence-electron chi connectivity index (χ1n) is 1.82. The van der Waals surface area contributed by atoms with E-state index in [0.29, 0.717) is 0 Å². The van der Waals surface area contributed by atoms with Crippen molar-refractivity contribution in [3.05, 3.63) is 11.1 Å². The smallest absolute Gasteiger partial charge is 0.184 e. The molecule has 4 heteroatoms. The molecule has 48 valence electrons. The molecule has 0 unspecified atom stereocenters. The van der Waals surface area contributed by atoms with Gasteiger partial charge in [-0.3, -0.25) is 0 Å². The van der Waals surface area contributed by atoms with E-state index in [1.165, 1.54) is 0 Å². The van der Waals surface area contributed by atoms with Crippen LogP contribution in [0.25, 0.3) is 0 Å². The van der Waals surface area contributed by atoms with Gasteiger partial charge in [0.15, 0.2) is 0 Å². The van der Waals surface area contributed by atoms with Gasteiger partial charge in [0.1, 0.15) is 0 Å². The van der Waals surface area contributed by atoms with Crippen LogP contribution >= 0.6 is 23.2 Å². The zero-order valence-electron chi connectivity index (χ0n) is 4.09. The Balaban J connectivity index is 4.03. The Bertz CT molecular complexity index is 103. The Hall–Kier alpha value is 0.180. The van der Waals surface area contributed by atoms with E-state index >= 15 is 0 Å². The van der Waals surface area contributed by atoms with E-state index in [0.717, 1.165) is 12.5 Å². The maximum absolute atomic E-state index is 11.7. The lowest BCUT2D eigenvalue weighted by molar-refractivity contribution is 0.139. The number of alkyl halides is 3. The largest absolute Gasteiger partial charge is 0.345 e. The number of hydrogen-bond donors (Lipinski definition) is 0. The van der Waals surface area contributed by atoms with Crippen molar-refractivity contribution in [1.82, 2.24) is 0 Å². The van der Waals surface area contributed by atoms with Gasteiger partial charge in [-0.1, -0.05) is 11.6 Å². The maximum Gasteiger partial charge on any atom is 0.345 e. The third-order valence-corrected chi connectivity index (χ3v) is 1.24. The molecule has 0 aromatic rings. The molecule has 0 aliphatic heterocycles. The fourth-order valence-electron chi connectivity index (χ4n) is 0.0619. The zero-order chi connectivity index (χ0) is 6.78. The van der Waals surface area contributed by atoms with Crippen molar-refractivity contribution in [3.63, 3.8) is 0 Å². The van der Waals surface area contributed by atoms with E-state index in [9.17, 15) is 8.78 Å². The summed E-state index contributed by atoms with van der Waals surface area (Å²) in [6.45, 7) is 1.15. The third-order valence-electron chi connectivity index (χ3n) is 0.611. The normalized spacial score (nSPS) is 14.4. The predicted molar refractivity (Wildman–Crippen MR) is 30.4 cm³/mol. The lowest BCUT2D eigenvalue weighted by Crippen LogP contribution is -2.05. The number of hydrogen-bond acceptors (Lipinski definition) is 0. The first-order valence-corrected chi connectivity index (χ1v) is 2.64. The van der Waals surface area contributed by atoms with E-state index in [1.807, 2.05) is 0 Å². The molecule has 0 amide bonds. The van der Waals surface area contributed by atoms with Crippen molar-refractivity contribution < 1.29 is 8.78 Å². The molecule has 0 heterocycles. The Morgan fingerprint density at radius 3 is 2.00 bits per heavy atom. The Kier molecular flexibility index (Phi) is 2.71. The SMILES string of the molecule is CC(=CCl)C(F)(F)Cl. The van der Waals surface area contributed by atoms with Crippen molar-refractivity contribution in [2.75, 3.05) is 0 Å². The molecule has 0 nitrogen and oxygen atoms in total. The van der Waals surface area contributed by atoms with E-state index < -0.39 is 5.38 Å². The molecular weight excluding hydrogens is 157 g/mol. The number of allylic oxidation sites excluding steroid dienone is 1. The molecule has 0 atom stereocenters. The van der Waals surface area contributed by atoms with Gasteiger partial charge in [-0.15, -0.1) is 0 Å². The molecule has 0 saturated carbocycles. The molecule has 0 aliphatic rings. The van der Waals surface area contributed by atoms with Crippen molar-refractivity contribution in [3.8, 4) is 0 Å². The molecule has 0 N–H and O–H groups in total.